The minimum Gasteiger partial charge on any atom is -0.465 e. The number of esters is 1. The van der Waals surface area contributed by atoms with Gasteiger partial charge in [0.1, 0.15) is 0 Å². The monoisotopic (exact) mass is 449 g/mol. The van der Waals surface area contributed by atoms with Gasteiger partial charge < -0.3 is 18.6 Å². The molecule has 3 rings (SSSR count). The number of halogens is 3. The number of hydrogen-bond donors (Lipinski definition) is 0. The molecule has 13 heteroatoms. The maximum atomic E-state index is 12.9. The van der Waals surface area contributed by atoms with Gasteiger partial charge >= 0.3 is 21.6 Å². The molecule has 1 saturated heterocycles. The molecule has 164 valence electrons. The average Bonchev–Trinajstić information content (AvgIpc) is 3.13. The van der Waals surface area contributed by atoms with Crippen molar-refractivity contribution in [2.24, 2.45) is 0 Å². The largest absolute Gasteiger partial charge is 0.534 e. The van der Waals surface area contributed by atoms with E-state index in [-0.39, 0.29) is 35.1 Å². The fourth-order valence-corrected chi connectivity index (χ4v) is 3.56. The van der Waals surface area contributed by atoms with Gasteiger partial charge in [0, 0.05) is 13.7 Å². The van der Waals surface area contributed by atoms with Gasteiger partial charge in [-0.1, -0.05) is 0 Å². The van der Waals surface area contributed by atoms with Crippen LogP contribution in [0.15, 0.2) is 18.2 Å². The van der Waals surface area contributed by atoms with Gasteiger partial charge in [-0.25, -0.2) is 14.8 Å². The first kappa shape index (κ1) is 22.0. The Morgan fingerprint density at radius 2 is 1.97 bits per heavy atom. The summed E-state index contributed by atoms with van der Waals surface area (Å²) in [5, 5.41) is 0. The van der Waals surface area contributed by atoms with Crippen LogP contribution in [-0.4, -0.2) is 63.3 Å². The van der Waals surface area contributed by atoms with Crippen LogP contribution in [0.25, 0.3) is 11.0 Å². The summed E-state index contributed by atoms with van der Waals surface area (Å²) < 4.78 is 75.9. The van der Waals surface area contributed by atoms with Crippen LogP contribution in [0, 0.1) is 0 Å². The van der Waals surface area contributed by atoms with E-state index in [1.54, 1.807) is 4.90 Å². The van der Waals surface area contributed by atoms with E-state index in [1.165, 1.54) is 32.4 Å². The van der Waals surface area contributed by atoms with E-state index in [0.717, 1.165) is 0 Å². The number of benzene rings is 1. The maximum Gasteiger partial charge on any atom is 0.534 e. The van der Waals surface area contributed by atoms with Crippen molar-refractivity contribution in [2.45, 2.75) is 24.4 Å². The number of nitrogens with zero attached hydrogens (tertiary/aromatic N) is 3. The number of hydrogen-bond acceptors (Lipinski definition) is 9. The first-order chi connectivity index (χ1) is 14.1. The van der Waals surface area contributed by atoms with E-state index >= 15 is 0 Å². The summed E-state index contributed by atoms with van der Waals surface area (Å²) >= 11 is 0. The Bertz CT molecular complexity index is 1060. The summed E-state index contributed by atoms with van der Waals surface area (Å²) in [5.74, 6) is -1.62. The first-order valence-corrected chi connectivity index (χ1v) is 10.1. The molecule has 1 aromatic heterocycles. The Morgan fingerprint density at radius 3 is 2.60 bits per heavy atom. The molecule has 0 amide bonds. The van der Waals surface area contributed by atoms with E-state index < -0.39 is 27.5 Å². The lowest BCUT2D eigenvalue weighted by Crippen LogP contribution is -2.35. The van der Waals surface area contributed by atoms with Gasteiger partial charge in [0.05, 0.1) is 36.4 Å². The smallest absolute Gasteiger partial charge is 0.465 e. The Labute approximate surface area is 169 Å². The van der Waals surface area contributed by atoms with E-state index in [9.17, 15) is 26.4 Å². The summed E-state index contributed by atoms with van der Waals surface area (Å²) in [6.07, 6.45) is 1.34. The van der Waals surface area contributed by atoms with Crippen molar-refractivity contribution in [3.63, 3.8) is 0 Å². The van der Waals surface area contributed by atoms with Gasteiger partial charge in [-0.3, -0.25) is 0 Å². The fraction of sp³-hybridized carbons (Fsp3) is 0.471. The minimum atomic E-state index is -5.96. The quantitative estimate of drug-likeness (QED) is 0.373. The van der Waals surface area contributed by atoms with Crippen molar-refractivity contribution in [3.05, 3.63) is 23.8 Å². The van der Waals surface area contributed by atoms with Gasteiger partial charge in [-0.15, -0.1) is 0 Å². The highest BCUT2D eigenvalue weighted by Crippen LogP contribution is 2.36. The zero-order valence-corrected chi connectivity index (χ0v) is 16.8. The van der Waals surface area contributed by atoms with Crippen LogP contribution < -0.4 is 9.08 Å². The Balaban J connectivity index is 2.16. The number of alkyl halides is 3. The number of carbonyl (C=O) groups excluding carboxylic acids is 1. The molecular weight excluding hydrogens is 431 g/mol. The highest BCUT2D eigenvalue weighted by Gasteiger charge is 2.49. The van der Waals surface area contributed by atoms with Crippen molar-refractivity contribution >= 4 is 32.9 Å². The highest BCUT2D eigenvalue weighted by molar-refractivity contribution is 7.88. The SMILES string of the molecule is COC[C@H]1CCCN1c1nc2cc(C(=O)OC)ccc2nc1OS(=O)(=O)C(F)(F)F. The molecule has 1 fully saturated rings. The van der Waals surface area contributed by atoms with Crippen LogP contribution in [0.1, 0.15) is 23.2 Å². The van der Waals surface area contributed by atoms with Crippen molar-refractivity contribution in [1.82, 2.24) is 9.97 Å². The third-order valence-corrected chi connectivity index (χ3v) is 5.46. The molecule has 0 bridgehead atoms. The topological polar surface area (TPSA) is 108 Å². The van der Waals surface area contributed by atoms with Crippen LogP contribution in [0.4, 0.5) is 19.0 Å². The van der Waals surface area contributed by atoms with Crippen LogP contribution in [0.3, 0.4) is 0 Å². The zero-order valence-electron chi connectivity index (χ0n) is 16.0. The van der Waals surface area contributed by atoms with Gasteiger partial charge in [0.25, 0.3) is 5.88 Å². The third kappa shape index (κ3) is 4.26. The zero-order chi connectivity index (χ0) is 22.1. The van der Waals surface area contributed by atoms with Crippen LogP contribution >= 0.6 is 0 Å². The first-order valence-electron chi connectivity index (χ1n) is 8.74. The molecule has 1 aliphatic heterocycles. The van der Waals surface area contributed by atoms with E-state index in [0.29, 0.717) is 19.4 Å². The fourth-order valence-electron chi connectivity index (χ4n) is 3.15. The third-order valence-electron chi connectivity index (χ3n) is 4.52. The number of rotatable bonds is 6. The van der Waals surface area contributed by atoms with Gasteiger partial charge in [-0.2, -0.15) is 21.6 Å². The number of aromatic nitrogens is 2. The number of ether oxygens (including phenoxy) is 2. The lowest BCUT2D eigenvalue weighted by atomic mass is 10.2. The summed E-state index contributed by atoms with van der Waals surface area (Å²) in [6, 6.07) is 3.72. The van der Waals surface area contributed by atoms with E-state index in [1.807, 2.05) is 0 Å². The minimum absolute atomic E-state index is 0.0428. The Kier molecular flexibility index (Phi) is 6.04. The molecular formula is C17H18F3N3O6S. The molecule has 2 heterocycles. The Hall–Kier alpha value is -2.67. The Morgan fingerprint density at radius 1 is 1.23 bits per heavy atom. The van der Waals surface area contributed by atoms with Gasteiger partial charge in [0.15, 0.2) is 5.82 Å². The normalized spacial score (nSPS) is 17.4. The van der Waals surface area contributed by atoms with Gasteiger partial charge in [0.2, 0.25) is 0 Å². The molecule has 1 atom stereocenters. The van der Waals surface area contributed by atoms with Crippen LogP contribution in [0.5, 0.6) is 5.88 Å². The van der Waals surface area contributed by atoms with Crippen LogP contribution in [-0.2, 0) is 19.6 Å². The predicted molar refractivity (Wildman–Crippen MR) is 98.7 cm³/mol. The second-order valence-electron chi connectivity index (χ2n) is 6.48. The summed E-state index contributed by atoms with van der Waals surface area (Å²) in [4.78, 5) is 21.6. The molecule has 0 aliphatic carbocycles. The summed E-state index contributed by atoms with van der Waals surface area (Å²) in [5.41, 5.74) is -5.28. The molecule has 0 saturated carbocycles. The number of fused-ring (bicyclic) bond motifs is 1. The molecule has 1 aromatic carbocycles. The molecule has 9 nitrogen and oxygen atoms in total. The lowest BCUT2D eigenvalue weighted by molar-refractivity contribution is -0.0501. The molecule has 1 aliphatic rings. The standard InChI is InChI=1S/C17H18F3N3O6S/c1-27-9-11-4-3-7-23(11)14-15(29-30(25,26)17(18,19)20)22-12-6-5-10(16(24)28-2)8-13(12)21-14/h5-6,8,11H,3-4,7,9H2,1-2H3/t11-/m1/s1. The van der Waals surface area contributed by atoms with Crippen molar-refractivity contribution in [2.75, 3.05) is 32.3 Å². The molecule has 0 unspecified atom stereocenters. The number of carbonyl (C=O) groups is 1. The molecule has 0 spiro atoms. The van der Waals surface area contributed by atoms with E-state index in [4.69, 9.17) is 4.74 Å². The average molecular weight is 449 g/mol. The molecule has 0 N–H and O–H groups in total. The molecule has 2 aromatic rings. The predicted octanol–water partition coefficient (Wildman–Crippen LogP) is 2.26. The highest BCUT2D eigenvalue weighted by atomic mass is 32.2. The van der Waals surface area contributed by atoms with E-state index in [2.05, 4.69) is 18.9 Å². The van der Waals surface area contributed by atoms with Crippen molar-refractivity contribution < 1.29 is 40.0 Å². The number of methoxy groups -OCH3 is 2. The summed E-state index contributed by atoms with van der Waals surface area (Å²) in [6.45, 7) is 0.626. The van der Waals surface area contributed by atoms with Gasteiger partial charge in [-0.05, 0) is 31.0 Å². The molecule has 30 heavy (non-hydrogen) atoms. The second kappa shape index (κ2) is 8.22. The lowest BCUT2D eigenvalue weighted by Gasteiger charge is -2.26. The van der Waals surface area contributed by atoms with Crippen LogP contribution in [0.2, 0.25) is 0 Å². The molecule has 0 radical (unpaired) electrons. The maximum absolute atomic E-state index is 12.9. The number of anilines is 1. The van der Waals surface area contributed by atoms with Crippen molar-refractivity contribution in [3.8, 4) is 5.88 Å². The second-order valence-corrected chi connectivity index (χ2v) is 8.01. The summed E-state index contributed by atoms with van der Waals surface area (Å²) in [7, 11) is -3.30. The van der Waals surface area contributed by atoms with Crippen molar-refractivity contribution in [1.29, 1.82) is 0 Å².